The van der Waals surface area contributed by atoms with Gasteiger partial charge in [0.2, 0.25) is 0 Å². The Morgan fingerprint density at radius 3 is 1.89 bits per heavy atom. The SMILES string of the molecule is CCN.c1cncnc1. The van der Waals surface area contributed by atoms with Crippen molar-refractivity contribution in [3.8, 4) is 0 Å². The van der Waals surface area contributed by atoms with E-state index in [1.807, 2.05) is 6.92 Å². The molecule has 0 saturated heterocycles. The van der Waals surface area contributed by atoms with E-state index in [4.69, 9.17) is 5.73 Å². The summed E-state index contributed by atoms with van der Waals surface area (Å²) in [6, 6.07) is 1.78. The lowest BCUT2D eigenvalue weighted by atomic mass is 10.7. The predicted molar refractivity (Wildman–Crippen MR) is 36.8 cm³/mol. The molecule has 1 heterocycles. The van der Waals surface area contributed by atoms with Crippen molar-refractivity contribution in [2.75, 3.05) is 6.54 Å². The van der Waals surface area contributed by atoms with Gasteiger partial charge < -0.3 is 5.73 Å². The monoisotopic (exact) mass is 125 g/mol. The third-order valence-electron chi connectivity index (χ3n) is 0.478. The Balaban J connectivity index is 0.000000187. The van der Waals surface area contributed by atoms with E-state index in [0.29, 0.717) is 0 Å². The van der Waals surface area contributed by atoms with Gasteiger partial charge in [0, 0.05) is 12.4 Å². The first-order chi connectivity index (χ1) is 4.41. The van der Waals surface area contributed by atoms with Gasteiger partial charge in [0.1, 0.15) is 6.33 Å². The molecular weight excluding hydrogens is 114 g/mol. The van der Waals surface area contributed by atoms with Gasteiger partial charge >= 0.3 is 0 Å². The fourth-order valence-electron chi connectivity index (χ4n) is 0.253. The number of nitrogens with two attached hydrogens (primary N) is 1. The normalized spacial score (nSPS) is 7.33. The molecule has 0 fully saturated rings. The Morgan fingerprint density at radius 2 is 1.78 bits per heavy atom. The van der Waals surface area contributed by atoms with Crippen LogP contribution in [0.3, 0.4) is 0 Å². The van der Waals surface area contributed by atoms with Crippen LogP contribution in [-0.2, 0) is 0 Å². The van der Waals surface area contributed by atoms with Crippen LogP contribution < -0.4 is 5.73 Å². The van der Waals surface area contributed by atoms with E-state index in [1.54, 1.807) is 18.5 Å². The molecule has 0 aliphatic rings. The van der Waals surface area contributed by atoms with Crippen LogP contribution in [0.4, 0.5) is 0 Å². The smallest absolute Gasteiger partial charge is 0.115 e. The molecule has 2 N–H and O–H groups in total. The van der Waals surface area contributed by atoms with Crippen LogP contribution in [0.5, 0.6) is 0 Å². The standard InChI is InChI=1S/C4H4N2.C2H7N/c1-2-5-4-6-3-1;1-2-3/h1-4H;2-3H2,1H3. The average Bonchev–Trinajstić information content (AvgIpc) is 1.93. The highest BCUT2D eigenvalue weighted by molar-refractivity contribution is 4.74. The fraction of sp³-hybridized carbons (Fsp3) is 0.333. The third kappa shape index (κ3) is 7.04. The van der Waals surface area contributed by atoms with Crippen molar-refractivity contribution in [3.63, 3.8) is 0 Å². The summed E-state index contributed by atoms with van der Waals surface area (Å²) >= 11 is 0. The van der Waals surface area contributed by atoms with Gasteiger partial charge in [0.05, 0.1) is 0 Å². The lowest BCUT2D eigenvalue weighted by Crippen LogP contribution is -1.87. The predicted octanol–water partition coefficient (Wildman–Crippen LogP) is 0.442. The van der Waals surface area contributed by atoms with Crippen LogP contribution in [0.15, 0.2) is 24.8 Å². The van der Waals surface area contributed by atoms with Gasteiger partial charge in [0.15, 0.2) is 0 Å². The zero-order valence-electron chi connectivity index (χ0n) is 5.49. The number of hydrogen-bond acceptors (Lipinski definition) is 3. The second-order valence-electron chi connectivity index (χ2n) is 1.31. The third-order valence-corrected chi connectivity index (χ3v) is 0.478. The van der Waals surface area contributed by atoms with Crippen molar-refractivity contribution in [1.82, 2.24) is 9.97 Å². The summed E-state index contributed by atoms with van der Waals surface area (Å²) in [6.07, 6.45) is 4.88. The van der Waals surface area contributed by atoms with E-state index in [9.17, 15) is 0 Å². The fourth-order valence-corrected chi connectivity index (χ4v) is 0.253. The Morgan fingerprint density at radius 1 is 1.33 bits per heavy atom. The molecular formula is C6H11N3. The zero-order chi connectivity index (χ0) is 6.95. The van der Waals surface area contributed by atoms with Gasteiger partial charge in [-0.25, -0.2) is 9.97 Å². The van der Waals surface area contributed by atoms with Crippen molar-refractivity contribution < 1.29 is 0 Å². The van der Waals surface area contributed by atoms with Gasteiger partial charge in [-0.2, -0.15) is 0 Å². The van der Waals surface area contributed by atoms with Crippen LogP contribution in [0.1, 0.15) is 6.92 Å². The molecule has 0 radical (unpaired) electrons. The number of nitrogens with zero attached hydrogens (tertiary/aromatic N) is 2. The largest absolute Gasteiger partial charge is 0.331 e. The molecule has 50 valence electrons. The maximum absolute atomic E-state index is 4.85. The summed E-state index contributed by atoms with van der Waals surface area (Å²) in [5, 5.41) is 0. The number of aromatic nitrogens is 2. The summed E-state index contributed by atoms with van der Waals surface area (Å²) in [5.41, 5.74) is 4.85. The van der Waals surface area contributed by atoms with Gasteiger partial charge in [-0.05, 0) is 12.6 Å². The minimum Gasteiger partial charge on any atom is -0.331 e. The number of rotatable bonds is 0. The molecule has 3 nitrogen and oxygen atoms in total. The van der Waals surface area contributed by atoms with E-state index in [-0.39, 0.29) is 0 Å². The van der Waals surface area contributed by atoms with Crippen LogP contribution in [0.2, 0.25) is 0 Å². The molecule has 0 bridgehead atoms. The molecule has 3 heteroatoms. The molecule has 1 rings (SSSR count). The van der Waals surface area contributed by atoms with Crippen LogP contribution in [0, 0.1) is 0 Å². The van der Waals surface area contributed by atoms with Crippen molar-refractivity contribution in [2.24, 2.45) is 5.73 Å². The maximum atomic E-state index is 4.85. The highest BCUT2D eigenvalue weighted by Gasteiger charge is 1.59. The van der Waals surface area contributed by atoms with E-state index in [2.05, 4.69) is 9.97 Å². The van der Waals surface area contributed by atoms with Crippen molar-refractivity contribution >= 4 is 0 Å². The second-order valence-corrected chi connectivity index (χ2v) is 1.31. The molecule has 0 atom stereocenters. The lowest BCUT2D eigenvalue weighted by molar-refractivity contribution is 1.14. The molecule has 9 heavy (non-hydrogen) atoms. The van der Waals surface area contributed by atoms with Gasteiger partial charge in [-0.15, -0.1) is 0 Å². The Labute approximate surface area is 54.9 Å². The summed E-state index contributed by atoms with van der Waals surface area (Å²) in [4.78, 5) is 7.35. The molecule has 1 aromatic heterocycles. The van der Waals surface area contributed by atoms with Crippen LogP contribution in [0.25, 0.3) is 0 Å². The first-order valence-electron chi connectivity index (χ1n) is 2.81. The van der Waals surface area contributed by atoms with E-state index < -0.39 is 0 Å². The first kappa shape index (κ1) is 8.04. The van der Waals surface area contributed by atoms with Crippen LogP contribution in [-0.4, -0.2) is 16.5 Å². The minimum absolute atomic E-state index is 0.750. The zero-order valence-corrected chi connectivity index (χ0v) is 5.49. The van der Waals surface area contributed by atoms with Gasteiger partial charge in [0.25, 0.3) is 0 Å². The topological polar surface area (TPSA) is 51.8 Å². The van der Waals surface area contributed by atoms with Gasteiger partial charge in [-0.3, -0.25) is 0 Å². The number of hydrogen-bond donors (Lipinski definition) is 1. The van der Waals surface area contributed by atoms with Crippen molar-refractivity contribution in [3.05, 3.63) is 24.8 Å². The molecule has 0 amide bonds. The first-order valence-corrected chi connectivity index (χ1v) is 2.81. The Bertz CT molecular complexity index is 91.2. The highest BCUT2D eigenvalue weighted by Crippen LogP contribution is 1.66. The van der Waals surface area contributed by atoms with Gasteiger partial charge in [-0.1, -0.05) is 6.92 Å². The molecule has 0 aliphatic heterocycles. The second kappa shape index (κ2) is 7.04. The molecule has 0 saturated carbocycles. The van der Waals surface area contributed by atoms with E-state index in [1.165, 1.54) is 6.33 Å². The quantitative estimate of drug-likeness (QED) is 0.547. The summed E-state index contributed by atoms with van der Waals surface area (Å²) in [5.74, 6) is 0. The minimum atomic E-state index is 0.750. The summed E-state index contributed by atoms with van der Waals surface area (Å²) in [7, 11) is 0. The lowest BCUT2D eigenvalue weighted by Gasteiger charge is -1.70. The summed E-state index contributed by atoms with van der Waals surface area (Å²) < 4.78 is 0. The Hall–Kier alpha value is -0.960. The molecule has 0 unspecified atom stereocenters. The Kier molecular flexibility index (Phi) is 6.29. The van der Waals surface area contributed by atoms with Crippen LogP contribution >= 0.6 is 0 Å². The summed E-state index contributed by atoms with van der Waals surface area (Å²) in [6.45, 7) is 2.65. The molecule has 0 aromatic carbocycles. The van der Waals surface area contributed by atoms with Crippen molar-refractivity contribution in [1.29, 1.82) is 0 Å². The van der Waals surface area contributed by atoms with E-state index in [0.717, 1.165) is 6.54 Å². The molecule has 1 aromatic rings. The van der Waals surface area contributed by atoms with E-state index >= 15 is 0 Å². The average molecular weight is 125 g/mol. The maximum Gasteiger partial charge on any atom is 0.115 e. The van der Waals surface area contributed by atoms with Crippen molar-refractivity contribution in [2.45, 2.75) is 6.92 Å². The molecule has 0 spiro atoms. The highest BCUT2D eigenvalue weighted by atomic mass is 14.8. The molecule has 0 aliphatic carbocycles.